The zero-order valence-electron chi connectivity index (χ0n) is 12.5. The van der Waals surface area contributed by atoms with Crippen molar-refractivity contribution in [2.24, 2.45) is 11.8 Å². The molecular weight excluding hydrogens is 294 g/mol. The Balaban J connectivity index is 1.85. The number of carbonyl (C=O) groups is 2. The highest BCUT2D eigenvalue weighted by atomic mass is 16.5. The standard InChI is InChI=1S/C18H17NO4/c1-2-6-13-18-10-9-12(23-18)14(17(21)22)15(18)16(20)19(13)11-7-4-3-5-8-11/h2-5,7-10,12-15H,1,6H2,(H,21,22)/t12-,13+,14-,15+,18-/m1/s1. The van der Waals surface area contributed by atoms with Gasteiger partial charge in [-0.05, 0) is 18.6 Å². The van der Waals surface area contributed by atoms with E-state index in [-0.39, 0.29) is 11.9 Å². The van der Waals surface area contributed by atoms with Crippen molar-refractivity contribution in [1.29, 1.82) is 0 Å². The molecule has 0 saturated carbocycles. The Bertz CT molecular complexity index is 713. The van der Waals surface area contributed by atoms with Gasteiger partial charge in [0.25, 0.3) is 0 Å². The number of nitrogens with zero attached hydrogens (tertiary/aromatic N) is 1. The molecule has 5 heteroatoms. The molecule has 5 nitrogen and oxygen atoms in total. The zero-order chi connectivity index (χ0) is 16.2. The summed E-state index contributed by atoms with van der Waals surface area (Å²) < 4.78 is 6.04. The van der Waals surface area contributed by atoms with Gasteiger partial charge in [0.15, 0.2) is 0 Å². The lowest BCUT2D eigenvalue weighted by molar-refractivity contribution is -0.146. The first-order valence-electron chi connectivity index (χ1n) is 7.69. The van der Waals surface area contributed by atoms with Crippen LogP contribution in [0.4, 0.5) is 5.69 Å². The van der Waals surface area contributed by atoms with Crippen LogP contribution in [0.5, 0.6) is 0 Å². The largest absolute Gasteiger partial charge is 0.481 e. The number of carboxylic acids is 1. The Morgan fingerprint density at radius 1 is 1.39 bits per heavy atom. The number of ether oxygens (including phenoxy) is 1. The second-order valence-electron chi connectivity index (χ2n) is 6.22. The van der Waals surface area contributed by atoms with Gasteiger partial charge in [-0.3, -0.25) is 9.59 Å². The van der Waals surface area contributed by atoms with Gasteiger partial charge in [0.2, 0.25) is 5.91 Å². The van der Waals surface area contributed by atoms with Crippen LogP contribution in [0.1, 0.15) is 6.42 Å². The first-order valence-corrected chi connectivity index (χ1v) is 7.69. The Morgan fingerprint density at radius 2 is 2.13 bits per heavy atom. The summed E-state index contributed by atoms with van der Waals surface area (Å²) in [5, 5.41) is 9.57. The lowest BCUT2D eigenvalue weighted by Gasteiger charge is -2.32. The minimum atomic E-state index is -0.980. The Morgan fingerprint density at radius 3 is 2.78 bits per heavy atom. The van der Waals surface area contributed by atoms with Gasteiger partial charge in [-0.2, -0.15) is 0 Å². The van der Waals surface area contributed by atoms with Crippen molar-refractivity contribution in [3.8, 4) is 0 Å². The Labute approximate surface area is 133 Å². The summed E-state index contributed by atoms with van der Waals surface area (Å²) in [5.41, 5.74) is -0.104. The lowest BCUT2D eigenvalue weighted by Crippen LogP contribution is -2.45. The van der Waals surface area contributed by atoms with Crippen LogP contribution in [0.25, 0.3) is 0 Å². The van der Waals surface area contributed by atoms with Crippen molar-refractivity contribution in [1.82, 2.24) is 0 Å². The van der Waals surface area contributed by atoms with Crippen molar-refractivity contribution >= 4 is 17.6 Å². The number of para-hydroxylation sites is 1. The summed E-state index contributed by atoms with van der Waals surface area (Å²) in [7, 11) is 0. The molecule has 23 heavy (non-hydrogen) atoms. The highest BCUT2D eigenvalue weighted by Gasteiger charge is 2.71. The van der Waals surface area contributed by atoms with E-state index >= 15 is 0 Å². The van der Waals surface area contributed by atoms with E-state index in [0.717, 1.165) is 5.69 Å². The van der Waals surface area contributed by atoms with Gasteiger partial charge in [-0.25, -0.2) is 0 Å². The molecule has 1 aromatic rings. The first-order chi connectivity index (χ1) is 11.1. The highest BCUT2D eigenvalue weighted by molar-refractivity contribution is 6.03. The van der Waals surface area contributed by atoms with E-state index < -0.39 is 29.5 Å². The molecule has 4 rings (SSSR count). The van der Waals surface area contributed by atoms with Crippen LogP contribution in [0, 0.1) is 11.8 Å². The average molecular weight is 311 g/mol. The third-order valence-electron chi connectivity index (χ3n) is 5.13. The number of aliphatic carboxylic acids is 1. The second kappa shape index (κ2) is 4.80. The van der Waals surface area contributed by atoms with Crippen molar-refractivity contribution < 1.29 is 19.4 Å². The predicted octanol–water partition coefficient (Wildman–Crippen LogP) is 2.00. The van der Waals surface area contributed by atoms with Crippen molar-refractivity contribution in [3.05, 3.63) is 55.1 Å². The second-order valence-corrected chi connectivity index (χ2v) is 6.22. The average Bonchev–Trinajstić information content (AvgIpc) is 3.18. The highest BCUT2D eigenvalue weighted by Crippen LogP contribution is 2.56. The summed E-state index contributed by atoms with van der Waals surface area (Å²) in [6.45, 7) is 3.79. The topological polar surface area (TPSA) is 66.8 Å². The van der Waals surface area contributed by atoms with E-state index in [9.17, 15) is 14.7 Å². The van der Waals surface area contributed by atoms with Gasteiger partial charge in [0, 0.05) is 5.69 Å². The summed E-state index contributed by atoms with van der Waals surface area (Å²) in [6.07, 6.45) is 5.44. The molecule has 2 fully saturated rings. The molecule has 3 aliphatic heterocycles. The number of carboxylic acid groups (broad SMARTS) is 1. The van der Waals surface area contributed by atoms with E-state index in [2.05, 4.69) is 6.58 Å². The monoisotopic (exact) mass is 311 g/mol. The molecule has 0 radical (unpaired) electrons. The van der Waals surface area contributed by atoms with E-state index in [1.807, 2.05) is 36.4 Å². The van der Waals surface area contributed by atoms with Gasteiger partial charge in [-0.1, -0.05) is 36.4 Å². The maximum absolute atomic E-state index is 13.1. The maximum Gasteiger partial charge on any atom is 0.310 e. The molecule has 2 bridgehead atoms. The van der Waals surface area contributed by atoms with Crippen LogP contribution in [-0.4, -0.2) is 34.7 Å². The molecule has 0 aliphatic carbocycles. The van der Waals surface area contributed by atoms with Crippen LogP contribution in [0.2, 0.25) is 0 Å². The molecule has 1 amide bonds. The van der Waals surface area contributed by atoms with E-state index in [1.54, 1.807) is 17.1 Å². The Hall–Kier alpha value is -2.40. The van der Waals surface area contributed by atoms with Gasteiger partial charge in [0.1, 0.15) is 11.5 Å². The maximum atomic E-state index is 13.1. The fourth-order valence-corrected chi connectivity index (χ4v) is 4.27. The molecule has 0 unspecified atom stereocenters. The molecule has 1 N–H and O–H groups in total. The molecule has 5 atom stereocenters. The number of rotatable bonds is 4. The van der Waals surface area contributed by atoms with E-state index in [4.69, 9.17) is 4.74 Å². The number of anilines is 1. The van der Waals surface area contributed by atoms with E-state index in [1.165, 1.54) is 0 Å². The van der Waals surface area contributed by atoms with Crippen LogP contribution in [0.15, 0.2) is 55.1 Å². The number of hydrogen-bond acceptors (Lipinski definition) is 3. The summed E-state index contributed by atoms with van der Waals surface area (Å²) in [6, 6.07) is 9.05. The first kappa shape index (κ1) is 14.2. The van der Waals surface area contributed by atoms with Crippen LogP contribution in [0.3, 0.4) is 0 Å². The fourth-order valence-electron chi connectivity index (χ4n) is 4.27. The minimum absolute atomic E-state index is 0.178. The molecule has 1 aromatic carbocycles. The third-order valence-corrected chi connectivity index (χ3v) is 5.13. The summed E-state index contributed by atoms with van der Waals surface area (Å²) in [5.74, 6) is -2.66. The van der Waals surface area contributed by atoms with Crippen molar-refractivity contribution in [2.45, 2.75) is 24.2 Å². The smallest absolute Gasteiger partial charge is 0.310 e. The predicted molar refractivity (Wildman–Crippen MR) is 83.9 cm³/mol. The van der Waals surface area contributed by atoms with Crippen molar-refractivity contribution in [3.63, 3.8) is 0 Å². The SMILES string of the molecule is C=CC[C@@H]1N(c2ccccc2)C(=O)[C@@H]2[C@H](C(=O)O)[C@H]3C=C[C@]21O3. The number of amides is 1. The van der Waals surface area contributed by atoms with Gasteiger partial charge in [-0.15, -0.1) is 6.58 Å². The normalized spacial score (nSPS) is 37.2. The van der Waals surface area contributed by atoms with Gasteiger partial charge < -0.3 is 14.7 Å². The van der Waals surface area contributed by atoms with Crippen LogP contribution >= 0.6 is 0 Å². The Kier molecular flexibility index (Phi) is 2.96. The number of benzene rings is 1. The number of carbonyl (C=O) groups excluding carboxylic acids is 1. The minimum Gasteiger partial charge on any atom is -0.481 e. The molecule has 0 aromatic heterocycles. The number of fused-ring (bicyclic) bond motifs is 1. The van der Waals surface area contributed by atoms with Crippen LogP contribution in [-0.2, 0) is 14.3 Å². The molecule has 1 spiro atoms. The lowest BCUT2D eigenvalue weighted by atomic mass is 9.74. The van der Waals surface area contributed by atoms with Crippen LogP contribution < -0.4 is 4.90 Å². The van der Waals surface area contributed by atoms with Crippen molar-refractivity contribution in [2.75, 3.05) is 4.90 Å². The third kappa shape index (κ3) is 1.71. The summed E-state index contributed by atoms with van der Waals surface area (Å²) >= 11 is 0. The zero-order valence-corrected chi connectivity index (χ0v) is 12.5. The van der Waals surface area contributed by atoms with E-state index in [0.29, 0.717) is 6.42 Å². The fraction of sp³-hybridized carbons (Fsp3) is 0.333. The summed E-state index contributed by atoms with van der Waals surface area (Å²) in [4.78, 5) is 26.5. The number of hydrogen-bond donors (Lipinski definition) is 1. The molecule has 3 aliphatic rings. The van der Waals surface area contributed by atoms with Gasteiger partial charge in [0.05, 0.1) is 18.1 Å². The molecule has 2 saturated heterocycles. The quantitative estimate of drug-likeness (QED) is 0.864. The molecular formula is C18H17NO4. The van der Waals surface area contributed by atoms with Gasteiger partial charge >= 0.3 is 5.97 Å². The molecule has 118 valence electrons. The molecule has 3 heterocycles.